The second-order valence-electron chi connectivity index (χ2n) is 5.49. The van der Waals surface area contributed by atoms with Gasteiger partial charge in [-0.3, -0.25) is 14.9 Å². The predicted molar refractivity (Wildman–Crippen MR) is 107 cm³/mol. The average Bonchev–Trinajstić information content (AvgIpc) is 3.15. The number of aryl methyl sites for hydroxylation is 1. The molecule has 5 nitrogen and oxygen atoms in total. The molecule has 0 aliphatic rings. The fourth-order valence-electron chi connectivity index (χ4n) is 2.21. The summed E-state index contributed by atoms with van der Waals surface area (Å²) in [5, 5.41) is 7.97. The van der Waals surface area contributed by atoms with E-state index in [4.69, 9.17) is 0 Å². The van der Waals surface area contributed by atoms with Crippen molar-refractivity contribution >= 4 is 45.7 Å². The van der Waals surface area contributed by atoms with Crippen LogP contribution in [-0.4, -0.2) is 22.6 Å². The molecular formula is C19H17N3O2S2. The van der Waals surface area contributed by atoms with Gasteiger partial charge < -0.3 is 5.32 Å². The summed E-state index contributed by atoms with van der Waals surface area (Å²) in [7, 11) is 0. The lowest BCUT2D eigenvalue weighted by molar-refractivity contribution is -0.113. The van der Waals surface area contributed by atoms with Crippen molar-refractivity contribution in [3.05, 3.63) is 71.2 Å². The molecule has 0 radical (unpaired) electrons. The Balaban J connectivity index is 1.61. The number of aromatic nitrogens is 1. The Morgan fingerprint density at radius 1 is 1.08 bits per heavy atom. The van der Waals surface area contributed by atoms with Crippen molar-refractivity contribution < 1.29 is 9.59 Å². The highest BCUT2D eigenvalue weighted by Crippen LogP contribution is 2.24. The maximum absolute atomic E-state index is 12.4. The molecule has 2 aromatic carbocycles. The van der Waals surface area contributed by atoms with Crippen molar-refractivity contribution in [1.82, 2.24) is 4.98 Å². The van der Waals surface area contributed by atoms with Crippen LogP contribution in [0.1, 0.15) is 15.9 Å². The number of rotatable bonds is 6. The van der Waals surface area contributed by atoms with Gasteiger partial charge in [0.1, 0.15) is 0 Å². The van der Waals surface area contributed by atoms with Gasteiger partial charge in [-0.1, -0.05) is 29.8 Å². The molecule has 0 aliphatic heterocycles. The molecule has 0 aliphatic carbocycles. The number of thiazole rings is 1. The van der Waals surface area contributed by atoms with E-state index in [1.165, 1.54) is 23.1 Å². The van der Waals surface area contributed by atoms with Crippen molar-refractivity contribution in [1.29, 1.82) is 0 Å². The van der Waals surface area contributed by atoms with Crippen molar-refractivity contribution in [2.24, 2.45) is 0 Å². The van der Waals surface area contributed by atoms with Crippen LogP contribution in [0.3, 0.4) is 0 Å². The maximum atomic E-state index is 12.4. The molecule has 3 rings (SSSR count). The third kappa shape index (κ3) is 4.93. The van der Waals surface area contributed by atoms with Crippen LogP contribution in [0.25, 0.3) is 0 Å². The summed E-state index contributed by atoms with van der Waals surface area (Å²) in [4.78, 5) is 29.4. The average molecular weight is 383 g/mol. The molecule has 2 amide bonds. The van der Waals surface area contributed by atoms with Crippen molar-refractivity contribution in [2.75, 3.05) is 16.4 Å². The summed E-state index contributed by atoms with van der Waals surface area (Å²) in [6.07, 6.45) is 1.64. The Labute approximate surface area is 159 Å². The van der Waals surface area contributed by atoms with Gasteiger partial charge in [0.25, 0.3) is 5.91 Å². The number of thioether (sulfide) groups is 1. The predicted octanol–water partition coefficient (Wildman–Crippen LogP) is 4.43. The van der Waals surface area contributed by atoms with Gasteiger partial charge in [-0.05, 0) is 31.2 Å². The molecule has 3 aromatic rings. The molecule has 0 saturated heterocycles. The van der Waals surface area contributed by atoms with Crippen LogP contribution in [0, 0.1) is 6.92 Å². The Morgan fingerprint density at radius 2 is 1.85 bits per heavy atom. The SMILES string of the molecule is Cc1ccc(NC(=O)CSc2ccccc2C(=O)Nc2nccs2)cc1. The molecule has 0 atom stereocenters. The first-order valence-electron chi connectivity index (χ1n) is 7.91. The number of hydrogen-bond acceptors (Lipinski definition) is 5. The van der Waals surface area contributed by atoms with Gasteiger partial charge in [0, 0.05) is 22.2 Å². The smallest absolute Gasteiger partial charge is 0.258 e. The molecule has 0 unspecified atom stereocenters. The van der Waals surface area contributed by atoms with Gasteiger partial charge in [-0.2, -0.15) is 0 Å². The van der Waals surface area contributed by atoms with Crippen LogP contribution in [0.15, 0.2) is 65.0 Å². The second-order valence-corrected chi connectivity index (χ2v) is 7.40. The quantitative estimate of drug-likeness (QED) is 0.618. The molecule has 2 N–H and O–H groups in total. The highest BCUT2D eigenvalue weighted by Gasteiger charge is 2.14. The van der Waals surface area contributed by atoms with Gasteiger partial charge in [0.15, 0.2) is 5.13 Å². The van der Waals surface area contributed by atoms with Gasteiger partial charge >= 0.3 is 0 Å². The highest BCUT2D eigenvalue weighted by molar-refractivity contribution is 8.00. The van der Waals surface area contributed by atoms with Crippen LogP contribution < -0.4 is 10.6 Å². The van der Waals surface area contributed by atoms with Gasteiger partial charge in [-0.15, -0.1) is 23.1 Å². The van der Waals surface area contributed by atoms with Gasteiger partial charge in [0.2, 0.25) is 5.91 Å². The zero-order valence-corrected chi connectivity index (χ0v) is 15.7. The molecule has 0 spiro atoms. The minimum atomic E-state index is -0.234. The maximum Gasteiger partial charge on any atom is 0.258 e. The third-order valence-corrected chi connectivity index (χ3v) is 5.24. The lowest BCUT2D eigenvalue weighted by atomic mass is 10.2. The van der Waals surface area contributed by atoms with E-state index < -0.39 is 0 Å². The zero-order valence-electron chi connectivity index (χ0n) is 14.1. The standard InChI is InChI=1S/C19H17N3O2S2/c1-13-6-8-14(9-7-13)21-17(23)12-26-16-5-3-2-4-15(16)18(24)22-19-20-10-11-25-19/h2-11H,12H2,1H3,(H,21,23)(H,20,22,24). The first-order valence-corrected chi connectivity index (χ1v) is 9.77. The zero-order chi connectivity index (χ0) is 18.4. The van der Waals surface area contributed by atoms with Crippen LogP contribution in [-0.2, 0) is 4.79 Å². The van der Waals surface area contributed by atoms with E-state index in [0.29, 0.717) is 10.7 Å². The lowest BCUT2D eigenvalue weighted by Gasteiger charge is -2.09. The summed E-state index contributed by atoms with van der Waals surface area (Å²) < 4.78 is 0. The molecule has 0 bridgehead atoms. The molecule has 26 heavy (non-hydrogen) atoms. The summed E-state index contributed by atoms with van der Waals surface area (Å²) in [5.74, 6) is -0.133. The minimum Gasteiger partial charge on any atom is -0.325 e. The van der Waals surface area contributed by atoms with Crippen LogP contribution in [0.4, 0.5) is 10.8 Å². The number of anilines is 2. The molecule has 0 fully saturated rings. The second kappa shape index (κ2) is 8.64. The first kappa shape index (κ1) is 18.2. The van der Waals surface area contributed by atoms with Crippen molar-refractivity contribution in [3.63, 3.8) is 0 Å². The number of nitrogens with zero attached hydrogens (tertiary/aromatic N) is 1. The summed E-state index contributed by atoms with van der Waals surface area (Å²) >= 11 is 2.69. The monoisotopic (exact) mass is 383 g/mol. The molecule has 0 saturated carbocycles. The highest BCUT2D eigenvalue weighted by atomic mass is 32.2. The molecule has 7 heteroatoms. The Bertz CT molecular complexity index is 893. The van der Waals surface area contributed by atoms with E-state index >= 15 is 0 Å². The summed E-state index contributed by atoms with van der Waals surface area (Å²) in [6, 6.07) is 14.8. The largest absolute Gasteiger partial charge is 0.325 e. The van der Waals surface area contributed by atoms with E-state index in [0.717, 1.165) is 16.1 Å². The van der Waals surface area contributed by atoms with E-state index in [2.05, 4.69) is 15.6 Å². The Hall–Kier alpha value is -2.64. The number of carbonyl (C=O) groups excluding carboxylic acids is 2. The van der Waals surface area contributed by atoms with E-state index in [1.807, 2.05) is 43.3 Å². The first-order chi connectivity index (χ1) is 12.6. The topological polar surface area (TPSA) is 71.1 Å². The fraction of sp³-hybridized carbons (Fsp3) is 0.105. The summed E-state index contributed by atoms with van der Waals surface area (Å²) in [6.45, 7) is 2.00. The minimum absolute atomic E-state index is 0.117. The Morgan fingerprint density at radius 3 is 2.58 bits per heavy atom. The van der Waals surface area contributed by atoms with Crippen LogP contribution in [0.5, 0.6) is 0 Å². The number of carbonyl (C=O) groups is 2. The van der Waals surface area contributed by atoms with Crippen molar-refractivity contribution in [2.45, 2.75) is 11.8 Å². The number of nitrogens with one attached hydrogen (secondary N) is 2. The van der Waals surface area contributed by atoms with Gasteiger partial charge in [0.05, 0.1) is 11.3 Å². The summed E-state index contributed by atoms with van der Waals surface area (Å²) in [5.41, 5.74) is 2.42. The lowest BCUT2D eigenvalue weighted by Crippen LogP contribution is -2.15. The van der Waals surface area contributed by atoms with Crippen LogP contribution >= 0.6 is 23.1 Å². The molecule has 1 heterocycles. The Kier molecular flexibility index (Phi) is 6.04. The molecule has 1 aromatic heterocycles. The van der Waals surface area contributed by atoms with E-state index in [9.17, 15) is 9.59 Å². The van der Waals surface area contributed by atoms with Crippen molar-refractivity contribution in [3.8, 4) is 0 Å². The number of hydrogen-bond donors (Lipinski definition) is 2. The fourth-order valence-corrected chi connectivity index (χ4v) is 3.58. The third-order valence-electron chi connectivity index (χ3n) is 3.48. The van der Waals surface area contributed by atoms with Crippen LogP contribution in [0.2, 0.25) is 0 Å². The van der Waals surface area contributed by atoms with E-state index in [1.54, 1.807) is 23.7 Å². The van der Waals surface area contributed by atoms with E-state index in [-0.39, 0.29) is 17.6 Å². The number of benzene rings is 2. The van der Waals surface area contributed by atoms with Gasteiger partial charge in [-0.25, -0.2) is 4.98 Å². The number of amides is 2. The molecule has 132 valence electrons. The molecular weight excluding hydrogens is 366 g/mol. The normalized spacial score (nSPS) is 10.3.